The average molecular weight is 310 g/mol. The van der Waals surface area contributed by atoms with Crippen molar-refractivity contribution >= 4 is 18.1 Å². The van der Waals surface area contributed by atoms with Crippen LogP contribution in [0, 0.1) is 10.1 Å². The molecule has 0 aliphatic rings. The van der Waals surface area contributed by atoms with Gasteiger partial charge in [-0.2, -0.15) is 0 Å². The van der Waals surface area contributed by atoms with Crippen molar-refractivity contribution < 1.29 is 24.0 Å². The highest BCUT2D eigenvalue weighted by Crippen LogP contribution is 2.29. The average Bonchev–Trinajstić information content (AvgIpc) is 2.41. The van der Waals surface area contributed by atoms with Crippen molar-refractivity contribution in [2.75, 3.05) is 7.11 Å². The molecule has 1 atom stereocenters. The second kappa shape index (κ2) is 6.88. The molecule has 0 aliphatic carbocycles. The summed E-state index contributed by atoms with van der Waals surface area (Å²) in [5.41, 5.74) is -0.582. The highest BCUT2D eigenvalue weighted by Gasteiger charge is 2.22. The van der Waals surface area contributed by atoms with Gasteiger partial charge in [-0.05, 0) is 38.5 Å². The topological polar surface area (TPSA) is 108 Å². The minimum atomic E-state index is -0.996. The molecule has 0 heterocycles. The predicted molar refractivity (Wildman–Crippen MR) is 77.8 cm³/mol. The Balaban J connectivity index is 2.98. The Morgan fingerprint density at radius 2 is 2.05 bits per heavy atom. The van der Waals surface area contributed by atoms with E-state index in [-0.39, 0.29) is 11.4 Å². The number of hydrogen-bond acceptors (Lipinski definition) is 6. The Labute approximate surface area is 127 Å². The van der Waals surface area contributed by atoms with Crippen molar-refractivity contribution in [3.8, 4) is 5.75 Å². The lowest BCUT2D eigenvalue weighted by Gasteiger charge is -2.21. The fourth-order valence-electron chi connectivity index (χ4n) is 1.67. The summed E-state index contributed by atoms with van der Waals surface area (Å²) in [7, 11) is 1.28. The summed E-state index contributed by atoms with van der Waals surface area (Å²) in [6.45, 7) is 5.08. The lowest BCUT2D eigenvalue weighted by molar-refractivity contribution is -0.385. The van der Waals surface area contributed by atoms with Crippen LogP contribution in [-0.2, 0) is 9.53 Å². The van der Waals surface area contributed by atoms with Gasteiger partial charge in [0.2, 0.25) is 0 Å². The third-order valence-electron chi connectivity index (χ3n) is 2.57. The molecule has 1 rings (SSSR count). The third kappa shape index (κ3) is 4.72. The van der Waals surface area contributed by atoms with E-state index in [1.807, 2.05) is 0 Å². The fourth-order valence-corrected chi connectivity index (χ4v) is 1.67. The number of alkyl carbamates (subject to hydrolysis) is 1. The van der Waals surface area contributed by atoms with Crippen LogP contribution < -0.4 is 10.1 Å². The first-order chi connectivity index (χ1) is 10.2. The Morgan fingerprint density at radius 3 is 2.50 bits per heavy atom. The molecule has 8 nitrogen and oxygen atoms in total. The molecule has 22 heavy (non-hydrogen) atoms. The number of ether oxygens (including phenoxy) is 2. The monoisotopic (exact) mass is 310 g/mol. The first-order valence-electron chi connectivity index (χ1n) is 6.45. The number of carbonyl (C=O) groups is 2. The number of nitrogens with zero attached hydrogens (tertiary/aromatic N) is 1. The number of nitrogens with one attached hydrogen (secondary N) is 1. The van der Waals surface area contributed by atoms with Gasteiger partial charge in [0.15, 0.2) is 5.75 Å². The number of carbonyl (C=O) groups excluding carboxylic acids is 2. The number of amides is 1. The number of nitro groups is 1. The standard InChI is InChI=1S/C14H18N2O6/c1-14(2,3)22-13(18)15-10(8-17)9-5-6-11(16(19)20)12(7-9)21-4/h5-8,10H,1-4H3,(H,15,18). The number of aldehydes is 1. The maximum atomic E-state index is 11.7. The van der Waals surface area contributed by atoms with Gasteiger partial charge in [-0.25, -0.2) is 4.79 Å². The molecule has 0 saturated heterocycles. The molecule has 0 bridgehead atoms. The highest BCUT2D eigenvalue weighted by atomic mass is 16.6. The summed E-state index contributed by atoms with van der Waals surface area (Å²) in [4.78, 5) is 33.1. The van der Waals surface area contributed by atoms with Crippen LogP contribution in [-0.4, -0.2) is 30.0 Å². The van der Waals surface area contributed by atoms with E-state index in [0.29, 0.717) is 11.8 Å². The zero-order chi connectivity index (χ0) is 16.9. The van der Waals surface area contributed by atoms with Crippen LogP contribution in [0.1, 0.15) is 32.4 Å². The molecule has 0 fully saturated rings. The number of benzene rings is 1. The number of nitro benzene ring substituents is 1. The SMILES string of the molecule is COc1cc(C(C=O)NC(=O)OC(C)(C)C)ccc1[N+](=O)[O-]. The Hall–Kier alpha value is -2.64. The van der Waals surface area contributed by atoms with Gasteiger partial charge >= 0.3 is 11.8 Å². The molecule has 1 unspecified atom stereocenters. The second-order valence-electron chi connectivity index (χ2n) is 5.45. The van der Waals surface area contributed by atoms with E-state index in [1.54, 1.807) is 20.8 Å². The zero-order valence-corrected chi connectivity index (χ0v) is 12.8. The van der Waals surface area contributed by atoms with E-state index in [4.69, 9.17) is 9.47 Å². The van der Waals surface area contributed by atoms with Crippen LogP contribution >= 0.6 is 0 Å². The Bertz CT molecular complexity index is 579. The van der Waals surface area contributed by atoms with Crippen LogP contribution in [0.5, 0.6) is 5.75 Å². The van der Waals surface area contributed by atoms with E-state index in [0.717, 1.165) is 0 Å². The fraction of sp³-hybridized carbons (Fsp3) is 0.429. The first-order valence-corrected chi connectivity index (χ1v) is 6.45. The third-order valence-corrected chi connectivity index (χ3v) is 2.57. The molecule has 0 aromatic heterocycles. The molecule has 0 aliphatic heterocycles. The summed E-state index contributed by atoms with van der Waals surface area (Å²) in [5.74, 6) is 0.000314. The summed E-state index contributed by atoms with van der Waals surface area (Å²) in [6.07, 6.45) is -0.258. The van der Waals surface area contributed by atoms with Crippen LogP contribution in [0.4, 0.5) is 10.5 Å². The summed E-state index contributed by atoms with van der Waals surface area (Å²) in [5, 5.41) is 13.2. The molecule has 120 valence electrons. The first kappa shape index (κ1) is 17.4. The second-order valence-corrected chi connectivity index (χ2v) is 5.45. The quantitative estimate of drug-likeness (QED) is 0.508. The van der Waals surface area contributed by atoms with Gasteiger partial charge in [0, 0.05) is 6.07 Å². The minimum absolute atomic E-state index is 0.000314. The molecule has 0 saturated carbocycles. The molecule has 1 aromatic carbocycles. The molecule has 1 N–H and O–H groups in total. The van der Waals surface area contributed by atoms with Gasteiger partial charge < -0.3 is 19.6 Å². The normalized spacial score (nSPS) is 12.2. The summed E-state index contributed by atoms with van der Waals surface area (Å²) < 4.78 is 9.99. The van der Waals surface area contributed by atoms with E-state index < -0.39 is 22.7 Å². The lowest BCUT2D eigenvalue weighted by Crippen LogP contribution is -2.35. The van der Waals surface area contributed by atoms with Crippen molar-refractivity contribution in [3.63, 3.8) is 0 Å². The molecular weight excluding hydrogens is 292 g/mol. The maximum Gasteiger partial charge on any atom is 0.408 e. The van der Waals surface area contributed by atoms with Crippen molar-refractivity contribution in [3.05, 3.63) is 33.9 Å². The summed E-state index contributed by atoms with van der Waals surface area (Å²) in [6, 6.07) is 2.91. The molecule has 1 aromatic rings. The van der Waals surface area contributed by atoms with Gasteiger partial charge in [0.05, 0.1) is 12.0 Å². The van der Waals surface area contributed by atoms with Crippen LogP contribution in [0.15, 0.2) is 18.2 Å². The van der Waals surface area contributed by atoms with Gasteiger partial charge in [-0.3, -0.25) is 10.1 Å². The molecule has 8 heteroatoms. The van der Waals surface area contributed by atoms with Crippen LogP contribution in [0.25, 0.3) is 0 Å². The summed E-state index contributed by atoms with van der Waals surface area (Å²) >= 11 is 0. The highest BCUT2D eigenvalue weighted by molar-refractivity contribution is 5.75. The van der Waals surface area contributed by atoms with E-state index in [1.165, 1.54) is 25.3 Å². The largest absolute Gasteiger partial charge is 0.490 e. The Morgan fingerprint density at radius 1 is 1.41 bits per heavy atom. The van der Waals surface area contributed by atoms with E-state index in [9.17, 15) is 19.7 Å². The Kier molecular flexibility index (Phi) is 5.44. The van der Waals surface area contributed by atoms with Crippen molar-refractivity contribution in [2.45, 2.75) is 32.4 Å². The maximum absolute atomic E-state index is 11.7. The zero-order valence-electron chi connectivity index (χ0n) is 12.8. The van der Waals surface area contributed by atoms with Crippen molar-refractivity contribution in [1.82, 2.24) is 5.32 Å². The number of methoxy groups -OCH3 is 1. The van der Waals surface area contributed by atoms with Gasteiger partial charge in [-0.1, -0.05) is 0 Å². The number of hydrogen-bond donors (Lipinski definition) is 1. The minimum Gasteiger partial charge on any atom is -0.490 e. The van der Waals surface area contributed by atoms with E-state index >= 15 is 0 Å². The lowest BCUT2D eigenvalue weighted by atomic mass is 10.1. The van der Waals surface area contributed by atoms with Crippen molar-refractivity contribution in [1.29, 1.82) is 0 Å². The molecular formula is C14H18N2O6. The van der Waals surface area contributed by atoms with Gasteiger partial charge in [-0.15, -0.1) is 0 Å². The van der Waals surface area contributed by atoms with Crippen LogP contribution in [0.2, 0.25) is 0 Å². The number of rotatable bonds is 5. The molecule has 1 amide bonds. The predicted octanol–water partition coefficient (Wildman–Crippen LogP) is 2.37. The van der Waals surface area contributed by atoms with Crippen LogP contribution in [0.3, 0.4) is 0 Å². The van der Waals surface area contributed by atoms with Crippen molar-refractivity contribution in [2.24, 2.45) is 0 Å². The van der Waals surface area contributed by atoms with Gasteiger partial charge in [0.1, 0.15) is 17.9 Å². The van der Waals surface area contributed by atoms with Gasteiger partial charge in [0.25, 0.3) is 0 Å². The van der Waals surface area contributed by atoms with E-state index in [2.05, 4.69) is 5.32 Å². The molecule has 0 spiro atoms. The smallest absolute Gasteiger partial charge is 0.408 e. The molecule has 0 radical (unpaired) electrons.